The summed E-state index contributed by atoms with van der Waals surface area (Å²) in [6.07, 6.45) is 3.39. The molecule has 0 radical (unpaired) electrons. The van der Waals surface area contributed by atoms with Crippen molar-refractivity contribution in [2.75, 3.05) is 0 Å². The summed E-state index contributed by atoms with van der Waals surface area (Å²) in [5, 5.41) is 9.04. The van der Waals surface area contributed by atoms with Crippen molar-refractivity contribution >= 4 is 29.6 Å². The van der Waals surface area contributed by atoms with E-state index < -0.39 is 11.9 Å². The predicted molar refractivity (Wildman–Crippen MR) is 65.6 cm³/mol. The second kappa shape index (κ2) is 6.06. The van der Waals surface area contributed by atoms with E-state index >= 15 is 0 Å². The minimum Gasteiger partial charge on any atom is -0.481 e. The lowest BCUT2D eigenvalue weighted by molar-refractivity contribution is -0.136. The van der Waals surface area contributed by atoms with Crippen LogP contribution in [0.25, 0.3) is 6.08 Å². The fraction of sp³-hybridized carbons (Fsp3) is 0.167. The van der Waals surface area contributed by atoms with Gasteiger partial charge in [-0.15, -0.1) is 0 Å². The Balaban J connectivity index is 2.78. The fourth-order valence-electron chi connectivity index (χ4n) is 1.28. The SMILES string of the molecule is NC(=O)CC=Cc1ccc(CC(=O)O)c(Cl)c1. The number of carboxylic acids is 1. The molecule has 90 valence electrons. The van der Waals surface area contributed by atoms with Crippen LogP contribution in [-0.4, -0.2) is 17.0 Å². The second-order valence-electron chi connectivity index (χ2n) is 3.49. The number of carboxylic acid groups (broad SMARTS) is 1. The van der Waals surface area contributed by atoms with Crippen LogP contribution in [0, 0.1) is 0 Å². The van der Waals surface area contributed by atoms with Crippen molar-refractivity contribution < 1.29 is 14.7 Å². The first-order valence-electron chi connectivity index (χ1n) is 4.94. The molecule has 0 saturated heterocycles. The van der Waals surface area contributed by atoms with Crippen LogP contribution in [-0.2, 0) is 16.0 Å². The maximum absolute atomic E-state index is 10.5. The first-order valence-corrected chi connectivity index (χ1v) is 5.32. The molecule has 0 bridgehead atoms. The van der Waals surface area contributed by atoms with E-state index in [9.17, 15) is 9.59 Å². The Kier molecular flexibility index (Phi) is 4.72. The molecule has 5 heteroatoms. The van der Waals surface area contributed by atoms with E-state index in [2.05, 4.69) is 0 Å². The number of benzene rings is 1. The molecule has 3 N–H and O–H groups in total. The van der Waals surface area contributed by atoms with Gasteiger partial charge in [-0.3, -0.25) is 9.59 Å². The number of carbonyl (C=O) groups excluding carboxylic acids is 1. The molecule has 4 nitrogen and oxygen atoms in total. The van der Waals surface area contributed by atoms with Crippen molar-refractivity contribution in [2.24, 2.45) is 5.73 Å². The van der Waals surface area contributed by atoms with E-state index in [1.54, 1.807) is 30.4 Å². The summed E-state index contributed by atoms with van der Waals surface area (Å²) in [5.74, 6) is -1.33. The van der Waals surface area contributed by atoms with Crippen molar-refractivity contribution in [2.45, 2.75) is 12.8 Å². The third-order valence-electron chi connectivity index (χ3n) is 2.05. The first kappa shape index (κ1) is 13.3. The zero-order valence-corrected chi connectivity index (χ0v) is 9.78. The maximum Gasteiger partial charge on any atom is 0.307 e. The van der Waals surface area contributed by atoms with Crippen molar-refractivity contribution in [1.29, 1.82) is 0 Å². The number of carbonyl (C=O) groups is 2. The highest BCUT2D eigenvalue weighted by Crippen LogP contribution is 2.19. The molecule has 0 saturated carbocycles. The number of halogens is 1. The number of rotatable bonds is 5. The van der Waals surface area contributed by atoms with Crippen LogP contribution in [0.5, 0.6) is 0 Å². The molecule has 0 aromatic heterocycles. The lowest BCUT2D eigenvalue weighted by Gasteiger charge is -2.02. The van der Waals surface area contributed by atoms with Crippen LogP contribution < -0.4 is 5.73 Å². The number of amides is 1. The van der Waals surface area contributed by atoms with Gasteiger partial charge in [0, 0.05) is 11.4 Å². The molecule has 0 fully saturated rings. The molecule has 1 amide bonds. The van der Waals surface area contributed by atoms with Gasteiger partial charge in [0.1, 0.15) is 0 Å². The normalized spacial score (nSPS) is 10.6. The van der Waals surface area contributed by atoms with Gasteiger partial charge in [0.15, 0.2) is 0 Å². The molecule has 0 unspecified atom stereocenters. The zero-order chi connectivity index (χ0) is 12.8. The molecule has 0 aliphatic carbocycles. The van der Waals surface area contributed by atoms with E-state index in [1.165, 1.54) is 0 Å². The van der Waals surface area contributed by atoms with Crippen LogP contribution >= 0.6 is 11.6 Å². The minimum atomic E-state index is -0.927. The standard InChI is InChI=1S/C12H12ClNO3/c13-10-6-8(2-1-3-11(14)15)4-5-9(10)7-12(16)17/h1-2,4-6H,3,7H2,(H2,14,15)(H,16,17). The maximum atomic E-state index is 10.5. The highest BCUT2D eigenvalue weighted by Gasteiger charge is 2.05. The molecular formula is C12H12ClNO3. The summed E-state index contributed by atoms with van der Waals surface area (Å²) in [6, 6.07) is 5.04. The summed E-state index contributed by atoms with van der Waals surface area (Å²) in [7, 11) is 0. The molecule has 0 spiro atoms. The second-order valence-corrected chi connectivity index (χ2v) is 3.90. The molecule has 17 heavy (non-hydrogen) atoms. The average Bonchev–Trinajstić information content (AvgIpc) is 2.21. The van der Waals surface area contributed by atoms with Gasteiger partial charge in [0.25, 0.3) is 0 Å². The van der Waals surface area contributed by atoms with Gasteiger partial charge in [-0.2, -0.15) is 0 Å². The number of aliphatic carboxylic acids is 1. The smallest absolute Gasteiger partial charge is 0.307 e. The van der Waals surface area contributed by atoms with E-state index in [4.69, 9.17) is 22.4 Å². The molecule has 0 atom stereocenters. The van der Waals surface area contributed by atoms with Crippen LogP contribution in [0.3, 0.4) is 0 Å². The Hall–Kier alpha value is -1.81. The molecule has 1 rings (SSSR count). The molecular weight excluding hydrogens is 242 g/mol. The van der Waals surface area contributed by atoms with E-state index in [-0.39, 0.29) is 12.8 Å². The number of hydrogen-bond acceptors (Lipinski definition) is 2. The molecule has 0 aliphatic heterocycles. The largest absolute Gasteiger partial charge is 0.481 e. The lowest BCUT2D eigenvalue weighted by atomic mass is 10.1. The van der Waals surface area contributed by atoms with Crippen molar-refractivity contribution in [3.05, 3.63) is 40.4 Å². The quantitative estimate of drug-likeness (QED) is 0.840. The Bertz CT molecular complexity index is 469. The van der Waals surface area contributed by atoms with Gasteiger partial charge in [0.2, 0.25) is 5.91 Å². The number of nitrogens with two attached hydrogens (primary N) is 1. The van der Waals surface area contributed by atoms with E-state index in [0.717, 1.165) is 5.56 Å². The fourth-order valence-corrected chi connectivity index (χ4v) is 1.54. The van der Waals surface area contributed by atoms with Crippen molar-refractivity contribution in [1.82, 2.24) is 0 Å². The van der Waals surface area contributed by atoms with Crippen LogP contribution in [0.15, 0.2) is 24.3 Å². The summed E-state index contributed by atoms with van der Waals surface area (Å²) in [4.78, 5) is 21.0. The molecule has 1 aromatic rings. The third kappa shape index (κ3) is 4.70. The highest BCUT2D eigenvalue weighted by atomic mass is 35.5. The monoisotopic (exact) mass is 253 g/mol. The summed E-state index contributed by atoms with van der Waals surface area (Å²) in [6.45, 7) is 0. The van der Waals surface area contributed by atoms with Gasteiger partial charge in [0.05, 0.1) is 6.42 Å². The van der Waals surface area contributed by atoms with Crippen LogP contribution in [0.2, 0.25) is 5.02 Å². The van der Waals surface area contributed by atoms with Crippen LogP contribution in [0.4, 0.5) is 0 Å². The summed E-state index contributed by atoms with van der Waals surface area (Å²) >= 11 is 5.93. The Morgan fingerprint density at radius 2 is 2.12 bits per heavy atom. The predicted octanol–water partition coefficient (Wildman–Crippen LogP) is 1.86. The first-order chi connectivity index (χ1) is 7.99. The van der Waals surface area contributed by atoms with E-state index in [1.807, 2.05) is 0 Å². The lowest BCUT2D eigenvalue weighted by Crippen LogP contribution is -2.07. The molecule has 1 aromatic carbocycles. The van der Waals surface area contributed by atoms with Gasteiger partial charge in [-0.1, -0.05) is 35.9 Å². The van der Waals surface area contributed by atoms with Gasteiger partial charge < -0.3 is 10.8 Å². The summed E-state index contributed by atoms with van der Waals surface area (Å²) in [5.41, 5.74) is 6.34. The zero-order valence-electron chi connectivity index (χ0n) is 9.02. The van der Waals surface area contributed by atoms with E-state index in [0.29, 0.717) is 10.6 Å². The molecule has 0 aliphatic rings. The third-order valence-corrected chi connectivity index (χ3v) is 2.40. The molecule has 0 heterocycles. The topological polar surface area (TPSA) is 80.4 Å². The van der Waals surface area contributed by atoms with Gasteiger partial charge in [-0.25, -0.2) is 0 Å². The Morgan fingerprint density at radius 3 is 2.65 bits per heavy atom. The van der Waals surface area contributed by atoms with Crippen LogP contribution in [0.1, 0.15) is 17.5 Å². The number of hydrogen-bond donors (Lipinski definition) is 2. The number of primary amides is 1. The minimum absolute atomic E-state index is 0.107. The Labute approximate surface area is 104 Å². The van der Waals surface area contributed by atoms with Crippen molar-refractivity contribution in [3.63, 3.8) is 0 Å². The van der Waals surface area contributed by atoms with Gasteiger partial charge in [-0.05, 0) is 17.2 Å². The highest BCUT2D eigenvalue weighted by molar-refractivity contribution is 6.31. The summed E-state index contributed by atoms with van der Waals surface area (Å²) < 4.78 is 0. The van der Waals surface area contributed by atoms with Gasteiger partial charge >= 0.3 is 5.97 Å². The van der Waals surface area contributed by atoms with Crippen molar-refractivity contribution in [3.8, 4) is 0 Å². The average molecular weight is 254 g/mol. The Morgan fingerprint density at radius 1 is 1.41 bits per heavy atom.